The van der Waals surface area contributed by atoms with E-state index in [0.29, 0.717) is 12.0 Å². The van der Waals surface area contributed by atoms with Crippen LogP contribution in [0.3, 0.4) is 0 Å². The van der Waals surface area contributed by atoms with Crippen molar-refractivity contribution in [2.45, 2.75) is 6.42 Å². The van der Waals surface area contributed by atoms with Gasteiger partial charge in [0.15, 0.2) is 0 Å². The minimum Gasteiger partial charge on any atom is -0.478 e. The van der Waals surface area contributed by atoms with E-state index in [2.05, 4.69) is 16.0 Å². The van der Waals surface area contributed by atoms with Gasteiger partial charge < -0.3 is 5.11 Å². The molecule has 5 nitrogen and oxygen atoms in total. The zero-order valence-electron chi connectivity index (χ0n) is 11.9. The van der Waals surface area contributed by atoms with E-state index in [9.17, 15) is 9.90 Å². The number of fused-ring (bicyclic) bond motifs is 1. The average molecular weight is 291 g/mol. The molecule has 0 amide bonds. The molecule has 2 heterocycles. The highest BCUT2D eigenvalue weighted by molar-refractivity contribution is 5.90. The first-order chi connectivity index (χ1) is 10.6. The van der Waals surface area contributed by atoms with Crippen LogP contribution in [-0.2, 0) is 13.5 Å². The van der Waals surface area contributed by atoms with E-state index in [1.165, 1.54) is 12.3 Å². The summed E-state index contributed by atoms with van der Waals surface area (Å²) in [6.45, 7) is 0. The standard InChI is InChI=1S/C17H13N3O2/c1-3-11-4-5-16-14(8-11)15(19-20(16)2)9-12-10-18-7-6-13(12)17(21)22/h1,4-8,10H,9H2,2H3,(H,21,22). The SMILES string of the molecule is C#Cc1ccc2c(c1)c(Cc1cnccc1C(=O)O)nn2C. The van der Waals surface area contributed by atoms with Crippen LogP contribution in [0.15, 0.2) is 36.7 Å². The van der Waals surface area contributed by atoms with Gasteiger partial charge in [0, 0.05) is 36.8 Å². The van der Waals surface area contributed by atoms with Gasteiger partial charge in [0.1, 0.15) is 0 Å². The van der Waals surface area contributed by atoms with Crippen molar-refractivity contribution in [1.29, 1.82) is 0 Å². The summed E-state index contributed by atoms with van der Waals surface area (Å²) in [5, 5.41) is 14.7. The number of aryl methyl sites for hydroxylation is 1. The van der Waals surface area contributed by atoms with Crippen LogP contribution in [0.25, 0.3) is 10.9 Å². The number of aromatic carboxylic acids is 1. The predicted octanol–water partition coefficient (Wildman–Crippen LogP) is 2.24. The van der Waals surface area contributed by atoms with E-state index in [-0.39, 0.29) is 5.56 Å². The Morgan fingerprint density at radius 1 is 1.41 bits per heavy atom. The summed E-state index contributed by atoms with van der Waals surface area (Å²) in [4.78, 5) is 15.3. The Kier molecular flexibility index (Phi) is 3.36. The second-order valence-corrected chi connectivity index (χ2v) is 4.96. The van der Waals surface area contributed by atoms with E-state index in [1.54, 1.807) is 10.9 Å². The molecule has 0 saturated heterocycles. The molecule has 0 aliphatic rings. The molecule has 3 rings (SSSR count). The first-order valence-corrected chi connectivity index (χ1v) is 6.68. The fourth-order valence-electron chi connectivity index (χ4n) is 2.52. The van der Waals surface area contributed by atoms with Gasteiger partial charge >= 0.3 is 5.97 Å². The van der Waals surface area contributed by atoms with Crippen molar-refractivity contribution in [2.24, 2.45) is 7.05 Å². The maximum atomic E-state index is 11.3. The van der Waals surface area contributed by atoms with Crippen molar-refractivity contribution in [3.63, 3.8) is 0 Å². The molecule has 5 heteroatoms. The number of carboxylic acids is 1. The van der Waals surface area contributed by atoms with Crippen LogP contribution in [0, 0.1) is 12.3 Å². The molecule has 22 heavy (non-hydrogen) atoms. The van der Waals surface area contributed by atoms with E-state index < -0.39 is 5.97 Å². The van der Waals surface area contributed by atoms with Gasteiger partial charge in [0.05, 0.1) is 16.8 Å². The lowest BCUT2D eigenvalue weighted by Crippen LogP contribution is -2.04. The Morgan fingerprint density at radius 3 is 2.95 bits per heavy atom. The Labute approximate surface area is 127 Å². The molecule has 0 saturated carbocycles. The van der Waals surface area contributed by atoms with Gasteiger partial charge in [-0.3, -0.25) is 9.67 Å². The number of terminal acetylenes is 1. The van der Waals surface area contributed by atoms with Crippen LogP contribution in [0.5, 0.6) is 0 Å². The molecule has 3 aromatic rings. The fraction of sp³-hybridized carbons (Fsp3) is 0.118. The van der Waals surface area contributed by atoms with Gasteiger partial charge in [0.25, 0.3) is 0 Å². The highest BCUT2D eigenvalue weighted by Gasteiger charge is 2.14. The van der Waals surface area contributed by atoms with Crippen LogP contribution in [0.2, 0.25) is 0 Å². The smallest absolute Gasteiger partial charge is 0.336 e. The Balaban J connectivity index is 2.12. The minimum atomic E-state index is -0.970. The van der Waals surface area contributed by atoms with E-state index in [0.717, 1.165) is 22.2 Å². The Bertz CT molecular complexity index is 919. The maximum absolute atomic E-state index is 11.3. The van der Waals surface area contributed by atoms with Crippen molar-refractivity contribution >= 4 is 16.9 Å². The van der Waals surface area contributed by atoms with E-state index >= 15 is 0 Å². The molecule has 2 aromatic heterocycles. The summed E-state index contributed by atoms with van der Waals surface area (Å²) < 4.78 is 1.77. The number of rotatable bonds is 3. The van der Waals surface area contributed by atoms with E-state index in [4.69, 9.17) is 6.42 Å². The molecule has 0 aliphatic carbocycles. The third-order valence-corrected chi connectivity index (χ3v) is 3.59. The molecular formula is C17H13N3O2. The van der Waals surface area contributed by atoms with Crippen molar-refractivity contribution in [2.75, 3.05) is 0 Å². The van der Waals surface area contributed by atoms with E-state index in [1.807, 2.05) is 25.2 Å². The molecule has 0 radical (unpaired) electrons. The van der Waals surface area contributed by atoms with Gasteiger partial charge in [-0.2, -0.15) is 5.10 Å². The van der Waals surface area contributed by atoms with Crippen molar-refractivity contribution in [3.05, 3.63) is 59.0 Å². The minimum absolute atomic E-state index is 0.238. The number of benzene rings is 1. The third kappa shape index (κ3) is 2.31. The summed E-state index contributed by atoms with van der Waals surface area (Å²) in [6.07, 6.45) is 8.88. The van der Waals surface area contributed by atoms with Crippen molar-refractivity contribution in [3.8, 4) is 12.3 Å². The molecule has 0 bridgehead atoms. The third-order valence-electron chi connectivity index (χ3n) is 3.59. The molecule has 0 fully saturated rings. The number of carbonyl (C=O) groups is 1. The van der Waals surface area contributed by atoms with Crippen LogP contribution >= 0.6 is 0 Å². The first-order valence-electron chi connectivity index (χ1n) is 6.68. The molecule has 1 N–H and O–H groups in total. The molecule has 108 valence electrons. The number of nitrogens with zero attached hydrogens (tertiary/aromatic N) is 3. The summed E-state index contributed by atoms with van der Waals surface area (Å²) in [5.74, 6) is 1.64. The largest absolute Gasteiger partial charge is 0.478 e. The maximum Gasteiger partial charge on any atom is 0.336 e. The van der Waals surface area contributed by atoms with Crippen LogP contribution in [0.4, 0.5) is 0 Å². The topological polar surface area (TPSA) is 68.0 Å². The van der Waals surface area contributed by atoms with Gasteiger partial charge in [-0.25, -0.2) is 4.79 Å². The van der Waals surface area contributed by atoms with Gasteiger partial charge in [-0.1, -0.05) is 5.92 Å². The lowest BCUT2D eigenvalue weighted by atomic mass is 10.0. The van der Waals surface area contributed by atoms with Crippen molar-refractivity contribution in [1.82, 2.24) is 14.8 Å². The van der Waals surface area contributed by atoms with Gasteiger partial charge in [-0.15, -0.1) is 6.42 Å². The molecular weight excluding hydrogens is 278 g/mol. The normalized spacial score (nSPS) is 10.5. The van der Waals surface area contributed by atoms with Crippen LogP contribution in [-0.4, -0.2) is 25.8 Å². The summed E-state index contributed by atoms with van der Waals surface area (Å²) in [6, 6.07) is 7.17. The molecule has 0 spiro atoms. The van der Waals surface area contributed by atoms with Gasteiger partial charge in [0.2, 0.25) is 0 Å². The summed E-state index contributed by atoms with van der Waals surface area (Å²) in [7, 11) is 1.85. The lowest BCUT2D eigenvalue weighted by Gasteiger charge is -2.03. The van der Waals surface area contributed by atoms with Crippen LogP contribution < -0.4 is 0 Å². The second-order valence-electron chi connectivity index (χ2n) is 4.96. The lowest BCUT2D eigenvalue weighted by molar-refractivity contribution is 0.0695. The number of carboxylic acid groups (broad SMARTS) is 1. The summed E-state index contributed by atoms with van der Waals surface area (Å²) in [5.41, 5.74) is 3.37. The molecule has 1 aromatic carbocycles. The van der Waals surface area contributed by atoms with Crippen LogP contribution in [0.1, 0.15) is 27.2 Å². The zero-order valence-corrected chi connectivity index (χ0v) is 11.9. The number of hydrogen-bond donors (Lipinski definition) is 1. The van der Waals surface area contributed by atoms with Crippen molar-refractivity contribution < 1.29 is 9.90 Å². The molecule has 0 atom stereocenters. The predicted molar refractivity (Wildman–Crippen MR) is 82.7 cm³/mol. The molecule has 0 aliphatic heterocycles. The molecule has 0 unspecified atom stereocenters. The highest BCUT2D eigenvalue weighted by atomic mass is 16.4. The average Bonchev–Trinajstić information content (AvgIpc) is 2.83. The number of aromatic nitrogens is 3. The van der Waals surface area contributed by atoms with Gasteiger partial charge in [-0.05, 0) is 29.8 Å². The monoisotopic (exact) mass is 291 g/mol. The first kappa shape index (κ1) is 13.8. The second kappa shape index (κ2) is 5.34. The Morgan fingerprint density at radius 2 is 2.23 bits per heavy atom. The highest BCUT2D eigenvalue weighted by Crippen LogP contribution is 2.23. The zero-order chi connectivity index (χ0) is 15.7. The fourth-order valence-corrected chi connectivity index (χ4v) is 2.52. The Hall–Kier alpha value is -3.13. The number of hydrogen-bond acceptors (Lipinski definition) is 3. The number of pyridine rings is 1. The summed E-state index contributed by atoms with van der Waals surface area (Å²) >= 11 is 0. The quantitative estimate of drug-likeness (QED) is 0.751.